The van der Waals surface area contributed by atoms with Crippen molar-refractivity contribution >= 4 is 39.4 Å². The maximum absolute atomic E-state index is 12.2. The van der Waals surface area contributed by atoms with Crippen LogP contribution in [0.3, 0.4) is 0 Å². The second kappa shape index (κ2) is 6.50. The molecule has 0 atom stereocenters. The van der Waals surface area contributed by atoms with E-state index < -0.39 is 0 Å². The lowest BCUT2D eigenvalue weighted by Gasteiger charge is -1.98. The third-order valence-electron chi connectivity index (χ3n) is 3.44. The Balaban J connectivity index is 1.75. The van der Waals surface area contributed by atoms with Crippen LogP contribution in [0.5, 0.6) is 0 Å². The first kappa shape index (κ1) is 15.1. The van der Waals surface area contributed by atoms with Crippen molar-refractivity contribution in [2.75, 3.05) is 5.75 Å². The molecule has 1 aromatic carbocycles. The minimum atomic E-state index is -0.0404. The molecule has 5 heteroatoms. The topological polar surface area (TPSA) is 45.8 Å². The number of aryl methyl sites for hydroxylation is 2. The fourth-order valence-corrected chi connectivity index (χ4v) is 3.94. The van der Waals surface area contributed by atoms with Gasteiger partial charge in [-0.2, -0.15) is 0 Å². The van der Waals surface area contributed by atoms with Crippen molar-refractivity contribution in [3.8, 4) is 0 Å². The Morgan fingerprint density at radius 2 is 2.05 bits per heavy atom. The van der Waals surface area contributed by atoms with Gasteiger partial charge in [-0.3, -0.25) is 4.79 Å². The van der Waals surface area contributed by atoms with Crippen LogP contribution in [0.25, 0.3) is 16.3 Å². The molecule has 2 aromatic heterocycles. The Hall–Kier alpha value is -1.85. The quantitative estimate of drug-likeness (QED) is 0.570. The molecule has 1 N–H and O–H groups in total. The highest BCUT2D eigenvalue weighted by atomic mass is 32.2. The van der Waals surface area contributed by atoms with Gasteiger partial charge < -0.3 is 4.98 Å². The van der Waals surface area contributed by atoms with E-state index in [0.717, 1.165) is 26.4 Å². The van der Waals surface area contributed by atoms with Crippen LogP contribution >= 0.6 is 23.1 Å². The summed E-state index contributed by atoms with van der Waals surface area (Å²) in [4.78, 5) is 21.6. The summed E-state index contributed by atoms with van der Waals surface area (Å²) in [6, 6.07) is 10.2. The molecule has 0 fully saturated rings. The van der Waals surface area contributed by atoms with Crippen LogP contribution in [0, 0.1) is 13.8 Å². The molecule has 0 unspecified atom stereocenters. The predicted octanol–water partition coefficient (Wildman–Crippen LogP) is 4.41. The fourth-order valence-electron chi connectivity index (χ4n) is 2.18. The lowest BCUT2D eigenvalue weighted by atomic mass is 10.2. The third-order valence-corrected chi connectivity index (χ3v) is 5.37. The number of aromatic nitrogens is 2. The number of nitrogens with zero attached hydrogens (tertiary/aromatic N) is 1. The van der Waals surface area contributed by atoms with E-state index in [1.54, 1.807) is 11.3 Å². The fraction of sp³-hybridized carbons (Fsp3) is 0.176. The molecular weight excluding hydrogens is 312 g/mol. The van der Waals surface area contributed by atoms with Crippen LogP contribution in [0.4, 0.5) is 0 Å². The van der Waals surface area contributed by atoms with Crippen molar-refractivity contribution in [2.24, 2.45) is 0 Å². The maximum atomic E-state index is 12.2. The van der Waals surface area contributed by atoms with Gasteiger partial charge in [-0.15, -0.1) is 11.3 Å². The van der Waals surface area contributed by atoms with E-state index in [0.29, 0.717) is 5.16 Å². The average Bonchev–Trinajstić information content (AvgIpc) is 2.80. The second-order valence-electron chi connectivity index (χ2n) is 4.96. The van der Waals surface area contributed by atoms with Gasteiger partial charge in [-0.1, -0.05) is 54.2 Å². The number of thiophene rings is 1. The summed E-state index contributed by atoms with van der Waals surface area (Å²) in [5.74, 6) is 0.771. The Kier molecular flexibility index (Phi) is 4.45. The number of nitrogens with one attached hydrogen (secondary N) is 1. The molecule has 0 saturated carbocycles. The number of rotatable bonds is 4. The van der Waals surface area contributed by atoms with Crippen LogP contribution < -0.4 is 5.56 Å². The summed E-state index contributed by atoms with van der Waals surface area (Å²) in [6.07, 6.45) is 4.15. The van der Waals surface area contributed by atoms with E-state index in [4.69, 9.17) is 0 Å². The minimum absolute atomic E-state index is 0.0404. The summed E-state index contributed by atoms with van der Waals surface area (Å²) >= 11 is 3.12. The summed E-state index contributed by atoms with van der Waals surface area (Å²) in [5, 5.41) is 1.41. The lowest BCUT2D eigenvalue weighted by Crippen LogP contribution is -2.08. The number of thioether (sulfide) groups is 1. The number of hydrogen-bond donors (Lipinski definition) is 1. The van der Waals surface area contributed by atoms with Crippen LogP contribution in [-0.4, -0.2) is 15.7 Å². The first-order valence-electron chi connectivity index (χ1n) is 6.99. The highest BCUT2D eigenvalue weighted by Crippen LogP contribution is 2.27. The van der Waals surface area contributed by atoms with Crippen molar-refractivity contribution in [3.63, 3.8) is 0 Å². The average molecular weight is 328 g/mol. The molecule has 0 aliphatic rings. The summed E-state index contributed by atoms with van der Waals surface area (Å²) in [6.45, 7) is 4.00. The summed E-state index contributed by atoms with van der Waals surface area (Å²) in [5.41, 5.74) is 2.17. The van der Waals surface area contributed by atoms with E-state index in [1.165, 1.54) is 17.3 Å². The van der Waals surface area contributed by atoms with Crippen LogP contribution in [0.15, 0.2) is 46.4 Å². The van der Waals surface area contributed by atoms with Crippen LogP contribution in [0.1, 0.15) is 16.0 Å². The van der Waals surface area contributed by atoms with Gasteiger partial charge >= 0.3 is 0 Å². The zero-order valence-corrected chi connectivity index (χ0v) is 14.1. The zero-order valence-electron chi connectivity index (χ0n) is 12.4. The summed E-state index contributed by atoms with van der Waals surface area (Å²) in [7, 11) is 0. The SMILES string of the molecule is Cc1sc2nc(SC/C=C/c3ccccc3)[nH]c(=O)c2c1C. The minimum Gasteiger partial charge on any atom is -0.301 e. The van der Waals surface area contributed by atoms with Gasteiger partial charge in [0.25, 0.3) is 5.56 Å². The van der Waals surface area contributed by atoms with Gasteiger partial charge in [-0.25, -0.2) is 4.98 Å². The molecule has 0 radical (unpaired) electrons. The van der Waals surface area contributed by atoms with Crippen molar-refractivity contribution in [1.29, 1.82) is 0 Å². The third kappa shape index (κ3) is 3.15. The number of hydrogen-bond acceptors (Lipinski definition) is 4. The van der Waals surface area contributed by atoms with E-state index >= 15 is 0 Å². The van der Waals surface area contributed by atoms with Gasteiger partial charge in [-0.05, 0) is 25.0 Å². The van der Waals surface area contributed by atoms with Gasteiger partial charge in [0.05, 0.1) is 5.39 Å². The highest BCUT2D eigenvalue weighted by molar-refractivity contribution is 7.99. The zero-order chi connectivity index (χ0) is 15.5. The standard InChI is InChI=1S/C17H16N2OS2/c1-11-12(2)22-16-14(11)15(20)18-17(19-16)21-10-6-9-13-7-4-3-5-8-13/h3-9H,10H2,1-2H3,(H,18,19,20)/b9-6+. The van der Waals surface area contributed by atoms with Gasteiger partial charge in [0.2, 0.25) is 0 Å². The Morgan fingerprint density at radius 3 is 2.82 bits per heavy atom. The molecular formula is C17H16N2OS2. The number of benzene rings is 1. The molecule has 3 aromatic rings. The smallest absolute Gasteiger partial charge is 0.260 e. The van der Waals surface area contributed by atoms with Crippen LogP contribution in [0.2, 0.25) is 0 Å². The van der Waals surface area contributed by atoms with Gasteiger partial charge in [0.15, 0.2) is 5.16 Å². The first-order chi connectivity index (χ1) is 10.6. The number of aromatic amines is 1. The van der Waals surface area contributed by atoms with Gasteiger partial charge in [0, 0.05) is 10.6 Å². The molecule has 112 valence electrons. The maximum Gasteiger partial charge on any atom is 0.260 e. The van der Waals surface area contributed by atoms with Crippen molar-refractivity contribution in [2.45, 2.75) is 19.0 Å². The molecule has 22 heavy (non-hydrogen) atoms. The van der Waals surface area contributed by atoms with E-state index in [1.807, 2.05) is 32.0 Å². The summed E-state index contributed by atoms with van der Waals surface area (Å²) < 4.78 is 0. The molecule has 0 spiro atoms. The molecule has 0 amide bonds. The first-order valence-corrected chi connectivity index (χ1v) is 8.80. The van der Waals surface area contributed by atoms with Crippen LogP contribution in [-0.2, 0) is 0 Å². The predicted molar refractivity (Wildman–Crippen MR) is 95.9 cm³/mol. The highest BCUT2D eigenvalue weighted by Gasteiger charge is 2.11. The number of H-pyrrole nitrogens is 1. The van der Waals surface area contributed by atoms with E-state index in [2.05, 4.69) is 34.3 Å². The van der Waals surface area contributed by atoms with Crippen molar-refractivity contribution in [1.82, 2.24) is 9.97 Å². The molecule has 2 heterocycles. The van der Waals surface area contributed by atoms with Gasteiger partial charge in [0.1, 0.15) is 4.83 Å². The molecule has 3 nitrogen and oxygen atoms in total. The number of fused-ring (bicyclic) bond motifs is 1. The monoisotopic (exact) mass is 328 g/mol. The van der Waals surface area contributed by atoms with Crippen molar-refractivity contribution in [3.05, 3.63) is 62.8 Å². The molecule has 3 rings (SSSR count). The van der Waals surface area contributed by atoms with E-state index in [-0.39, 0.29) is 5.56 Å². The normalized spacial score (nSPS) is 11.5. The lowest BCUT2D eigenvalue weighted by molar-refractivity contribution is 0.981. The Morgan fingerprint density at radius 1 is 1.27 bits per heavy atom. The molecule has 0 aliphatic carbocycles. The molecule has 0 saturated heterocycles. The molecule has 0 aliphatic heterocycles. The molecule has 0 bridgehead atoms. The Bertz CT molecular complexity index is 879. The van der Waals surface area contributed by atoms with E-state index in [9.17, 15) is 4.79 Å². The van der Waals surface area contributed by atoms with Crippen molar-refractivity contribution < 1.29 is 0 Å². The second-order valence-corrected chi connectivity index (χ2v) is 7.17. The Labute approximate surface area is 137 Å². The largest absolute Gasteiger partial charge is 0.301 e.